The molecule has 1 aromatic heterocycles. The molecule has 76 valence electrons. The lowest BCUT2D eigenvalue weighted by Crippen LogP contribution is -2.32. The van der Waals surface area contributed by atoms with Crippen molar-refractivity contribution in [2.24, 2.45) is 0 Å². The Hall–Kier alpha value is -1.59. The fourth-order valence-corrected chi connectivity index (χ4v) is 1.39. The number of hydrogen-bond acceptors (Lipinski definition) is 2. The van der Waals surface area contributed by atoms with Gasteiger partial charge in [0.25, 0.3) is 0 Å². The van der Waals surface area contributed by atoms with Crippen LogP contribution in [0.3, 0.4) is 0 Å². The Morgan fingerprint density at radius 3 is 2.33 bits per heavy atom. The summed E-state index contributed by atoms with van der Waals surface area (Å²) in [6.07, 6.45) is 3.56. The van der Waals surface area contributed by atoms with Crippen LogP contribution in [0.15, 0.2) is 42.7 Å². The molecule has 0 aliphatic heterocycles. The molecule has 0 unspecified atom stereocenters. The minimum Gasteiger partial charge on any atom is -0.423 e. The number of halogens is 1. The Morgan fingerprint density at radius 2 is 1.80 bits per heavy atom. The summed E-state index contributed by atoms with van der Waals surface area (Å²) in [5.41, 5.74) is 0.521. The zero-order valence-corrected chi connectivity index (χ0v) is 7.84. The molecule has 2 aromatic rings. The van der Waals surface area contributed by atoms with E-state index in [2.05, 4.69) is 0 Å². The van der Waals surface area contributed by atoms with Crippen LogP contribution in [0, 0.1) is 5.82 Å². The van der Waals surface area contributed by atoms with Gasteiger partial charge in [-0.1, -0.05) is 6.07 Å². The van der Waals surface area contributed by atoms with Crippen molar-refractivity contribution < 1.29 is 14.4 Å². The van der Waals surface area contributed by atoms with Gasteiger partial charge in [0.1, 0.15) is 5.82 Å². The lowest BCUT2D eigenvalue weighted by atomic mass is 9.80. The first-order valence-corrected chi connectivity index (χ1v) is 4.47. The molecule has 1 aromatic carbocycles. The maximum Gasteiger partial charge on any atom is 0.491 e. The Kier molecular flexibility index (Phi) is 2.57. The van der Waals surface area contributed by atoms with Crippen LogP contribution < -0.4 is 5.46 Å². The number of aromatic nitrogens is 1. The third kappa shape index (κ3) is 1.93. The largest absolute Gasteiger partial charge is 0.491 e. The lowest BCUT2D eigenvalue weighted by molar-refractivity contribution is 0.423. The first kappa shape index (κ1) is 9.95. The zero-order chi connectivity index (χ0) is 10.8. The third-order valence-corrected chi connectivity index (χ3v) is 2.16. The number of nitrogens with zero attached hydrogens (tertiary/aromatic N) is 1. The first-order valence-electron chi connectivity index (χ1n) is 4.47. The molecule has 2 rings (SSSR count). The van der Waals surface area contributed by atoms with Gasteiger partial charge in [0, 0.05) is 23.5 Å². The summed E-state index contributed by atoms with van der Waals surface area (Å²) >= 11 is 0. The fourth-order valence-electron chi connectivity index (χ4n) is 1.39. The van der Waals surface area contributed by atoms with Gasteiger partial charge in [-0.25, -0.2) is 4.39 Å². The summed E-state index contributed by atoms with van der Waals surface area (Å²) in [5.74, 6) is -0.629. The predicted molar refractivity (Wildman–Crippen MR) is 55.6 cm³/mol. The Bertz CT molecular complexity index is 456. The maximum absolute atomic E-state index is 13.4. The molecule has 0 saturated heterocycles. The van der Waals surface area contributed by atoms with Crippen LogP contribution in [-0.4, -0.2) is 21.7 Å². The molecule has 0 radical (unpaired) electrons. The van der Waals surface area contributed by atoms with E-state index in [4.69, 9.17) is 10.0 Å². The van der Waals surface area contributed by atoms with Crippen molar-refractivity contribution in [1.82, 2.24) is 4.57 Å². The van der Waals surface area contributed by atoms with Gasteiger partial charge in [0.15, 0.2) is 0 Å². The highest BCUT2D eigenvalue weighted by atomic mass is 19.1. The monoisotopic (exact) mass is 205 g/mol. The first-order chi connectivity index (χ1) is 7.18. The SMILES string of the molecule is OB(O)c1ccc(-n2cccc2)cc1F. The quantitative estimate of drug-likeness (QED) is 0.692. The minimum atomic E-state index is -1.77. The van der Waals surface area contributed by atoms with Gasteiger partial charge in [0.2, 0.25) is 0 Å². The summed E-state index contributed by atoms with van der Waals surface area (Å²) in [5, 5.41) is 17.7. The molecule has 0 aliphatic rings. The van der Waals surface area contributed by atoms with E-state index < -0.39 is 12.9 Å². The van der Waals surface area contributed by atoms with E-state index in [-0.39, 0.29) is 5.46 Å². The van der Waals surface area contributed by atoms with Crippen LogP contribution in [0.1, 0.15) is 0 Å². The molecule has 0 amide bonds. The highest BCUT2D eigenvalue weighted by molar-refractivity contribution is 6.58. The Morgan fingerprint density at radius 1 is 1.13 bits per heavy atom. The van der Waals surface area contributed by atoms with E-state index in [1.54, 1.807) is 23.0 Å². The average Bonchev–Trinajstić information content (AvgIpc) is 2.69. The summed E-state index contributed by atoms with van der Waals surface area (Å²) in [4.78, 5) is 0. The summed E-state index contributed by atoms with van der Waals surface area (Å²) in [7, 11) is -1.77. The van der Waals surface area contributed by atoms with E-state index in [0.717, 1.165) is 0 Å². The summed E-state index contributed by atoms with van der Waals surface area (Å²) < 4.78 is 15.1. The Balaban J connectivity index is 2.42. The molecule has 0 atom stereocenters. The molecule has 0 bridgehead atoms. The second kappa shape index (κ2) is 3.88. The van der Waals surface area contributed by atoms with Crippen LogP contribution in [-0.2, 0) is 0 Å². The van der Waals surface area contributed by atoms with Crippen LogP contribution >= 0.6 is 0 Å². The second-order valence-corrected chi connectivity index (χ2v) is 3.17. The zero-order valence-electron chi connectivity index (χ0n) is 7.84. The van der Waals surface area contributed by atoms with Crippen molar-refractivity contribution in [3.05, 3.63) is 48.5 Å². The van der Waals surface area contributed by atoms with Crippen molar-refractivity contribution in [2.45, 2.75) is 0 Å². The van der Waals surface area contributed by atoms with Crippen LogP contribution in [0.25, 0.3) is 5.69 Å². The van der Waals surface area contributed by atoms with Gasteiger partial charge in [-0.2, -0.15) is 0 Å². The van der Waals surface area contributed by atoms with Crippen molar-refractivity contribution >= 4 is 12.6 Å². The van der Waals surface area contributed by atoms with Crippen molar-refractivity contribution in [1.29, 1.82) is 0 Å². The average molecular weight is 205 g/mol. The maximum atomic E-state index is 13.4. The van der Waals surface area contributed by atoms with Gasteiger partial charge in [0.05, 0.1) is 0 Å². The minimum absolute atomic E-state index is 0.120. The Labute approximate surface area is 86.6 Å². The lowest BCUT2D eigenvalue weighted by Gasteiger charge is -2.06. The predicted octanol–water partition coefficient (Wildman–Crippen LogP) is 0.296. The molecular formula is C10H9BFNO2. The van der Waals surface area contributed by atoms with Gasteiger partial charge in [-0.05, 0) is 24.3 Å². The van der Waals surface area contributed by atoms with Crippen molar-refractivity contribution in [3.63, 3.8) is 0 Å². The van der Waals surface area contributed by atoms with Crippen LogP contribution in [0.4, 0.5) is 4.39 Å². The topological polar surface area (TPSA) is 45.4 Å². The molecule has 0 fully saturated rings. The highest BCUT2D eigenvalue weighted by Crippen LogP contribution is 2.08. The van der Waals surface area contributed by atoms with E-state index in [9.17, 15) is 4.39 Å². The second-order valence-electron chi connectivity index (χ2n) is 3.17. The number of hydrogen-bond donors (Lipinski definition) is 2. The van der Waals surface area contributed by atoms with Crippen molar-refractivity contribution in [2.75, 3.05) is 0 Å². The van der Waals surface area contributed by atoms with Gasteiger partial charge in [-0.15, -0.1) is 0 Å². The molecule has 2 N–H and O–H groups in total. The standard InChI is InChI=1S/C10H9BFNO2/c12-10-7-8(13-5-1-2-6-13)3-4-9(10)11(14)15/h1-7,14-15H. The number of rotatable bonds is 2. The summed E-state index contributed by atoms with van der Waals surface area (Å²) in [6, 6.07) is 7.89. The molecule has 5 heteroatoms. The molecule has 1 heterocycles. The highest BCUT2D eigenvalue weighted by Gasteiger charge is 2.16. The van der Waals surface area contributed by atoms with Gasteiger partial charge >= 0.3 is 7.12 Å². The third-order valence-electron chi connectivity index (χ3n) is 2.16. The molecule has 0 aliphatic carbocycles. The summed E-state index contributed by atoms with van der Waals surface area (Å²) in [6.45, 7) is 0. The van der Waals surface area contributed by atoms with Gasteiger partial charge in [-0.3, -0.25) is 0 Å². The molecule has 0 spiro atoms. The van der Waals surface area contributed by atoms with E-state index in [1.807, 2.05) is 12.1 Å². The van der Waals surface area contributed by atoms with E-state index in [0.29, 0.717) is 5.69 Å². The van der Waals surface area contributed by atoms with E-state index in [1.165, 1.54) is 12.1 Å². The molecule has 3 nitrogen and oxygen atoms in total. The molecular weight excluding hydrogens is 196 g/mol. The fraction of sp³-hybridized carbons (Fsp3) is 0. The normalized spacial score (nSPS) is 10.3. The smallest absolute Gasteiger partial charge is 0.423 e. The van der Waals surface area contributed by atoms with E-state index >= 15 is 0 Å². The number of benzene rings is 1. The molecule has 0 saturated carbocycles. The van der Waals surface area contributed by atoms with Crippen LogP contribution in [0.2, 0.25) is 0 Å². The molecule has 15 heavy (non-hydrogen) atoms. The van der Waals surface area contributed by atoms with Crippen LogP contribution in [0.5, 0.6) is 0 Å². The van der Waals surface area contributed by atoms with Crippen molar-refractivity contribution in [3.8, 4) is 5.69 Å². The van der Waals surface area contributed by atoms with Gasteiger partial charge < -0.3 is 14.6 Å².